The predicted octanol–water partition coefficient (Wildman–Crippen LogP) is 2.27. The van der Waals surface area contributed by atoms with Crippen LogP contribution in [0.4, 0.5) is 0 Å². The summed E-state index contributed by atoms with van der Waals surface area (Å²) >= 11 is 0. The van der Waals surface area contributed by atoms with E-state index < -0.39 is 0 Å². The fraction of sp³-hybridized carbons (Fsp3) is 0.579. The predicted molar refractivity (Wildman–Crippen MR) is 99.8 cm³/mol. The van der Waals surface area contributed by atoms with Crippen LogP contribution in [-0.2, 0) is 4.79 Å². The van der Waals surface area contributed by atoms with Crippen molar-refractivity contribution in [3.63, 3.8) is 0 Å². The SMILES string of the molecule is CC(=O)NCCCCCN1CCC(n2c(=O)[nH]c3ccccc32)CC1. The fourth-order valence-corrected chi connectivity index (χ4v) is 3.74. The van der Waals surface area contributed by atoms with E-state index in [1.165, 1.54) is 0 Å². The highest BCUT2D eigenvalue weighted by Gasteiger charge is 2.23. The number of benzene rings is 1. The number of unbranched alkanes of at least 4 members (excludes halogenated alkanes) is 2. The molecule has 6 heteroatoms. The number of rotatable bonds is 7. The smallest absolute Gasteiger partial charge is 0.326 e. The van der Waals surface area contributed by atoms with Gasteiger partial charge in [-0.1, -0.05) is 18.6 Å². The molecule has 25 heavy (non-hydrogen) atoms. The van der Waals surface area contributed by atoms with E-state index in [4.69, 9.17) is 0 Å². The van der Waals surface area contributed by atoms with Crippen molar-refractivity contribution in [2.24, 2.45) is 0 Å². The lowest BCUT2D eigenvalue weighted by molar-refractivity contribution is -0.118. The van der Waals surface area contributed by atoms with Crippen molar-refractivity contribution in [2.75, 3.05) is 26.2 Å². The molecule has 0 unspecified atom stereocenters. The highest BCUT2D eigenvalue weighted by Crippen LogP contribution is 2.24. The number of imidazole rings is 1. The Morgan fingerprint density at radius 1 is 1.20 bits per heavy atom. The van der Waals surface area contributed by atoms with Crippen molar-refractivity contribution in [3.05, 3.63) is 34.7 Å². The summed E-state index contributed by atoms with van der Waals surface area (Å²) in [5, 5.41) is 2.84. The number of H-pyrrole nitrogens is 1. The van der Waals surface area contributed by atoms with Gasteiger partial charge >= 0.3 is 5.69 Å². The van der Waals surface area contributed by atoms with Gasteiger partial charge in [0.1, 0.15) is 0 Å². The van der Waals surface area contributed by atoms with Crippen molar-refractivity contribution in [1.82, 2.24) is 19.8 Å². The van der Waals surface area contributed by atoms with Gasteiger partial charge < -0.3 is 15.2 Å². The molecule has 0 atom stereocenters. The first-order valence-electron chi connectivity index (χ1n) is 9.31. The second kappa shape index (κ2) is 8.34. The number of nitrogens with zero attached hydrogens (tertiary/aromatic N) is 2. The van der Waals surface area contributed by atoms with Gasteiger partial charge in [-0.3, -0.25) is 9.36 Å². The zero-order chi connectivity index (χ0) is 17.6. The van der Waals surface area contributed by atoms with Crippen molar-refractivity contribution in [1.29, 1.82) is 0 Å². The largest absolute Gasteiger partial charge is 0.356 e. The molecule has 0 bridgehead atoms. The molecule has 2 N–H and O–H groups in total. The number of fused-ring (bicyclic) bond motifs is 1. The van der Waals surface area contributed by atoms with Crippen LogP contribution in [0.5, 0.6) is 0 Å². The number of carbonyl (C=O) groups is 1. The normalized spacial score (nSPS) is 16.4. The summed E-state index contributed by atoms with van der Waals surface area (Å²) in [5.74, 6) is 0.0506. The van der Waals surface area contributed by atoms with Crippen LogP contribution in [0.2, 0.25) is 0 Å². The number of aromatic amines is 1. The molecular weight excluding hydrogens is 316 g/mol. The summed E-state index contributed by atoms with van der Waals surface area (Å²) in [5.41, 5.74) is 1.95. The van der Waals surface area contributed by atoms with E-state index in [0.29, 0.717) is 6.04 Å². The molecule has 0 radical (unpaired) electrons. The van der Waals surface area contributed by atoms with E-state index in [0.717, 1.165) is 69.3 Å². The van der Waals surface area contributed by atoms with E-state index in [2.05, 4.69) is 15.2 Å². The Hall–Kier alpha value is -2.08. The Labute approximate surface area is 148 Å². The Balaban J connectivity index is 1.45. The van der Waals surface area contributed by atoms with Gasteiger partial charge in [0, 0.05) is 32.6 Å². The lowest BCUT2D eigenvalue weighted by Gasteiger charge is -2.32. The van der Waals surface area contributed by atoms with Crippen LogP contribution >= 0.6 is 0 Å². The first-order valence-corrected chi connectivity index (χ1v) is 9.31. The van der Waals surface area contributed by atoms with Crippen LogP contribution in [0.3, 0.4) is 0 Å². The highest BCUT2D eigenvalue weighted by atomic mass is 16.1. The number of para-hydroxylation sites is 2. The van der Waals surface area contributed by atoms with Crippen molar-refractivity contribution in [2.45, 2.75) is 45.1 Å². The molecule has 1 fully saturated rings. The highest BCUT2D eigenvalue weighted by molar-refractivity contribution is 5.75. The molecule has 1 saturated heterocycles. The van der Waals surface area contributed by atoms with E-state index in [1.54, 1.807) is 6.92 Å². The second-order valence-corrected chi connectivity index (χ2v) is 6.93. The molecule has 1 aliphatic heterocycles. The summed E-state index contributed by atoms with van der Waals surface area (Å²) in [6.07, 6.45) is 5.39. The summed E-state index contributed by atoms with van der Waals surface area (Å²) in [6.45, 7) is 5.53. The van der Waals surface area contributed by atoms with Gasteiger partial charge in [-0.2, -0.15) is 0 Å². The second-order valence-electron chi connectivity index (χ2n) is 6.93. The number of hydrogen-bond acceptors (Lipinski definition) is 3. The van der Waals surface area contributed by atoms with Crippen LogP contribution in [-0.4, -0.2) is 46.5 Å². The lowest BCUT2D eigenvalue weighted by Crippen LogP contribution is -2.37. The third-order valence-corrected chi connectivity index (χ3v) is 5.07. The van der Waals surface area contributed by atoms with Gasteiger partial charge in [-0.25, -0.2) is 4.79 Å². The molecule has 0 saturated carbocycles. The average molecular weight is 344 g/mol. The number of carbonyl (C=O) groups excluding carboxylic acids is 1. The van der Waals surface area contributed by atoms with Crippen molar-refractivity contribution >= 4 is 16.9 Å². The van der Waals surface area contributed by atoms with Gasteiger partial charge in [0.2, 0.25) is 5.91 Å². The monoisotopic (exact) mass is 344 g/mol. The van der Waals surface area contributed by atoms with Crippen LogP contribution in [0.15, 0.2) is 29.1 Å². The van der Waals surface area contributed by atoms with Gasteiger partial charge in [-0.15, -0.1) is 0 Å². The Bertz CT molecular complexity index is 756. The molecule has 2 heterocycles. The molecule has 0 spiro atoms. The maximum atomic E-state index is 12.3. The van der Waals surface area contributed by atoms with Crippen LogP contribution < -0.4 is 11.0 Å². The number of hydrogen-bond donors (Lipinski definition) is 2. The number of nitrogens with one attached hydrogen (secondary N) is 2. The number of amides is 1. The Morgan fingerprint density at radius 3 is 2.72 bits per heavy atom. The number of piperidine rings is 1. The molecule has 0 aliphatic carbocycles. The standard InChI is InChI=1S/C19H28N4O2/c1-15(24)20-11-5-2-6-12-22-13-9-16(10-14-22)23-18-8-4-3-7-17(18)21-19(23)25/h3-4,7-8,16H,2,5-6,9-14H2,1H3,(H,20,24)(H,21,25). The molecule has 2 aromatic rings. The molecular formula is C19H28N4O2. The van der Waals surface area contributed by atoms with Crippen LogP contribution in [0.25, 0.3) is 11.0 Å². The van der Waals surface area contributed by atoms with Crippen LogP contribution in [0.1, 0.15) is 45.1 Å². The van der Waals surface area contributed by atoms with Gasteiger partial charge in [0.05, 0.1) is 11.0 Å². The van der Waals surface area contributed by atoms with E-state index in [-0.39, 0.29) is 11.6 Å². The first-order chi connectivity index (χ1) is 12.1. The summed E-state index contributed by atoms with van der Waals surface area (Å²) in [4.78, 5) is 28.6. The van der Waals surface area contributed by atoms with Gasteiger partial charge in [0.25, 0.3) is 0 Å². The minimum atomic E-state index is 0.0117. The topological polar surface area (TPSA) is 70.1 Å². The van der Waals surface area contributed by atoms with Gasteiger partial charge in [0.15, 0.2) is 0 Å². The third kappa shape index (κ3) is 4.51. The zero-order valence-electron chi connectivity index (χ0n) is 15.0. The quantitative estimate of drug-likeness (QED) is 0.757. The minimum absolute atomic E-state index is 0.0117. The first kappa shape index (κ1) is 17.7. The van der Waals surface area contributed by atoms with E-state index in [9.17, 15) is 9.59 Å². The lowest BCUT2D eigenvalue weighted by atomic mass is 10.0. The maximum Gasteiger partial charge on any atom is 0.326 e. The molecule has 1 aromatic carbocycles. The minimum Gasteiger partial charge on any atom is -0.356 e. The molecule has 1 aliphatic rings. The summed E-state index contributed by atoms with van der Waals surface area (Å²) in [7, 11) is 0. The van der Waals surface area contributed by atoms with Crippen LogP contribution in [0, 0.1) is 0 Å². The zero-order valence-corrected chi connectivity index (χ0v) is 15.0. The fourth-order valence-electron chi connectivity index (χ4n) is 3.74. The molecule has 1 aromatic heterocycles. The average Bonchev–Trinajstić information content (AvgIpc) is 2.94. The maximum absolute atomic E-state index is 12.3. The third-order valence-electron chi connectivity index (χ3n) is 5.07. The van der Waals surface area contributed by atoms with Crippen molar-refractivity contribution in [3.8, 4) is 0 Å². The molecule has 3 rings (SSSR count). The summed E-state index contributed by atoms with van der Waals surface area (Å²) < 4.78 is 1.94. The molecule has 1 amide bonds. The Kier molecular flexibility index (Phi) is 5.91. The Morgan fingerprint density at radius 2 is 1.96 bits per heavy atom. The van der Waals surface area contributed by atoms with Crippen molar-refractivity contribution < 1.29 is 4.79 Å². The summed E-state index contributed by atoms with van der Waals surface area (Å²) in [6, 6.07) is 8.22. The van der Waals surface area contributed by atoms with Gasteiger partial charge in [-0.05, 0) is 44.4 Å². The van der Waals surface area contributed by atoms with E-state index in [1.807, 2.05) is 28.8 Å². The number of likely N-dealkylation sites (tertiary alicyclic amines) is 1. The molecule has 6 nitrogen and oxygen atoms in total. The molecule has 136 valence electrons. The number of aromatic nitrogens is 2. The van der Waals surface area contributed by atoms with E-state index >= 15 is 0 Å².